The van der Waals surface area contributed by atoms with Crippen LogP contribution in [-0.2, 0) is 0 Å². The Morgan fingerprint density at radius 2 is 1.71 bits per heavy atom. The summed E-state index contributed by atoms with van der Waals surface area (Å²) in [5.41, 5.74) is 2.33. The molecule has 6 heteroatoms. The Balaban J connectivity index is 1.48. The Morgan fingerprint density at radius 3 is 2.43 bits per heavy atom. The molecule has 0 N–H and O–H groups in total. The summed E-state index contributed by atoms with van der Waals surface area (Å²) in [5.74, 6) is 0. The van der Waals surface area contributed by atoms with E-state index in [1.807, 2.05) is 17.6 Å². The van der Waals surface area contributed by atoms with E-state index in [4.69, 9.17) is 0 Å². The predicted molar refractivity (Wildman–Crippen MR) is 86.5 cm³/mol. The average Bonchev–Trinajstić information content (AvgIpc) is 3.06. The normalized spacial score (nSPS) is 15.9. The summed E-state index contributed by atoms with van der Waals surface area (Å²) in [6, 6.07) is 10.6. The Kier molecular flexibility index (Phi) is 3.03. The molecule has 1 fully saturated rings. The van der Waals surface area contributed by atoms with Gasteiger partial charge in [-0.15, -0.1) is 5.10 Å². The number of fused-ring (bicyclic) bond motifs is 1. The van der Waals surface area contributed by atoms with Crippen LogP contribution in [0.2, 0.25) is 0 Å². The summed E-state index contributed by atoms with van der Waals surface area (Å²) >= 11 is 1.67. The van der Waals surface area contributed by atoms with E-state index in [1.54, 1.807) is 11.3 Å². The smallest absolute Gasteiger partial charge is 0.214 e. The van der Waals surface area contributed by atoms with Gasteiger partial charge in [0.15, 0.2) is 0 Å². The summed E-state index contributed by atoms with van der Waals surface area (Å²) in [4.78, 5) is 10.2. The van der Waals surface area contributed by atoms with Crippen molar-refractivity contribution in [2.45, 2.75) is 6.92 Å². The lowest BCUT2D eigenvalue weighted by atomic mass is 10.2. The van der Waals surface area contributed by atoms with Crippen molar-refractivity contribution < 1.29 is 0 Å². The van der Waals surface area contributed by atoms with Crippen LogP contribution in [0.1, 0.15) is 5.69 Å². The highest BCUT2D eigenvalue weighted by atomic mass is 32.1. The molecule has 0 spiro atoms. The van der Waals surface area contributed by atoms with Gasteiger partial charge in [0.1, 0.15) is 0 Å². The fourth-order valence-electron chi connectivity index (χ4n) is 2.72. The van der Waals surface area contributed by atoms with Crippen LogP contribution in [0.25, 0.3) is 4.96 Å². The lowest BCUT2D eigenvalue weighted by molar-refractivity contribution is 0.648. The third-order valence-corrected chi connectivity index (χ3v) is 4.81. The molecule has 2 aromatic heterocycles. The second kappa shape index (κ2) is 5.04. The number of aromatic nitrogens is 3. The number of hydrogen-bond acceptors (Lipinski definition) is 5. The number of benzene rings is 1. The first-order valence-corrected chi connectivity index (χ1v) is 7.99. The minimum Gasteiger partial charge on any atom is -0.368 e. The van der Waals surface area contributed by atoms with Gasteiger partial charge in [-0.05, 0) is 19.1 Å². The molecule has 0 radical (unpaired) electrons. The minimum atomic E-state index is 0.980. The summed E-state index contributed by atoms with van der Waals surface area (Å²) in [5, 5.41) is 5.71. The number of imidazole rings is 1. The second-order valence-electron chi connectivity index (χ2n) is 5.30. The van der Waals surface area contributed by atoms with Crippen LogP contribution in [-0.4, -0.2) is 40.8 Å². The number of para-hydroxylation sites is 1. The van der Waals surface area contributed by atoms with Crippen molar-refractivity contribution in [1.82, 2.24) is 14.6 Å². The van der Waals surface area contributed by atoms with Crippen molar-refractivity contribution >= 4 is 27.1 Å². The molecule has 0 unspecified atom stereocenters. The Hall–Kier alpha value is -2.08. The standard InChI is InChI=1S/C15H17N5S/c1-12-11-20-14(16-12)21-15(17-20)19-9-7-18(8-10-19)13-5-3-2-4-6-13/h2-6,11H,7-10H2,1H3. The van der Waals surface area contributed by atoms with Crippen molar-refractivity contribution in [1.29, 1.82) is 0 Å². The molecule has 0 amide bonds. The maximum Gasteiger partial charge on any atom is 0.214 e. The van der Waals surface area contributed by atoms with Crippen LogP contribution in [0.5, 0.6) is 0 Å². The first-order chi connectivity index (χ1) is 10.3. The van der Waals surface area contributed by atoms with Gasteiger partial charge in [-0.2, -0.15) is 0 Å². The monoisotopic (exact) mass is 299 g/mol. The Bertz CT molecular complexity index is 708. The highest BCUT2D eigenvalue weighted by molar-refractivity contribution is 7.20. The van der Waals surface area contributed by atoms with E-state index in [0.29, 0.717) is 0 Å². The van der Waals surface area contributed by atoms with Crippen molar-refractivity contribution in [3.05, 3.63) is 42.2 Å². The van der Waals surface area contributed by atoms with Crippen LogP contribution in [0.4, 0.5) is 10.8 Å². The molecule has 3 aromatic rings. The largest absolute Gasteiger partial charge is 0.368 e. The topological polar surface area (TPSA) is 36.7 Å². The molecule has 0 atom stereocenters. The van der Waals surface area contributed by atoms with E-state index in [1.165, 1.54) is 5.69 Å². The molecule has 5 nitrogen and oxygen atoms in total. The van der Waals surface area contributed by atoms with Crippen molar-refractivity contribution in [3.8, 4) is 0 Å². The molecule has 0 saturated carbocycles. The van der Waals surface area contributed by atoms with Crippen molar-refractivity contribution in [2.24, 2.45) is 0 Å². The van der Waals surface area contributed by atoms with Crippen molar-refractivity contribution in [3.63, 3.8) is 0 Å². The molecule has 21 heavy (non-hydrogen) atoms. The van der Waals surface area contributed by atoms with Gasteiger partial charge in [0.05, 0.1) is 11.9 Å². The molecular formula is C15H17N5S. The number of piperazine rings is 1. The summed E-state index contributed by atoms with van der Waals surface area (Å²) in [6.07, 6.45) is 1.98. The number of anilines is 2. The summed E-state index contributed by atoms with van der Waals surface area (Å²) < 4.78 is 1.89. The van der Waals surface area contributed by atoms with Crippen LogP contribution < -0.4 is 9.80 Å². The Morgan fingerprint density at radius 1 is 1.00 bits per heavy atom. The highest BCUT2D eigenvalue weighted by Crippen LogP contribution is 2.25. The maximum atomic E-state index is 4.64. The zero-order valence-corrected chi connectivity index (χ0v) is 12.8. The number of aryl methyl sites for hydroxylation is 1. The molecule has 0 bridgehead atoms. The lowest BCUT2D eigenvalue weighted by Crippen LogP contribution is -2.46. The van der Waals surface area contributed by atoms with Gasteiger partial charge in [0, 0.05) is 31.9 Å². The minimum absolute atomic E-state index is 0.980. The molecule has 1 aromatic carbocycles. The molecule has 1 aliphatic heterocycles. The van der Waals surface area contributed by atoms with E-state index in [9.17, 15) is 0 Å². The first-order valence-electron chi connectivity index (χ1n) is 7.17. The van der Waals surface area contributed by atoms with Crippen molar-refractivity contribution in [2.75, 3.05) is 36.0 Å². The first kappa shape index (κ1) is 12.6. The van der Waals surface area contributed by atoms with Gasteiger partial charge >= 0.3 is 0 Å². The predicted octanol–water partition coefficient (Wildman–Crippen LogP) is 2.43. The van der Waals surface area contributed by atoms with Gasteiger partial charge in [0.25, 0.3) is 0 Å². The van der Waals surface area contributed by atoms with Crippen LogP contribution >= 0.6 is 11.3 Å². The van der Waals surface area contributed by atoms with Gasteiger partial charge in [0.2, 0.25) is 10.1 Å². The van der Waals surface area contributed by atoms with Crippen LogP contribution in [0.15, 0.2) is 36.5 Å². The van der Waals surface area contributed by atoms with Gasteiger partial charge < -0.3 is 9.80 Å². The number of rotatable bonds is 2. The third kappa shape index (κ3) is 2.35. The summed E-state index contributed by atoms with van der Waals surface area (Å²) in [6.45, 7) is 6.07. The zero-order chi connectivity index (χ0) is 14.2. The molecule has 0 aliphatic carbocycles. The molecule has 108 valence electrons. The molecule has 1 aliphatic rings. The SMILES string of the molecule is Cc1cn2nc(N3CCN(c4ccccc4)CC3)sc2n1. The average molecular weight is 299 g/mol. The van der Waals surface area contributed by atoms with Crippen LogP contribution in [0, 0.1) is 6.92 Å². The fourth-order valence-corrected chi connectivity index (χ4v) is 3.70. The molecule has 4 rings (SSSR count). The fraction of sp³-hybridized carbons (Fsp3) is 0.333. The number of nitrogens with zero attached hydrogens (tertiary/aromatic N) is 5. The Labute approximate surface area is 127 Å². The molecule has 3 heterocycles. The van der Waals surface area contributed by atoms with E-state index < -0.39 is 0 Å². The van der Waals surface area contributed by atoms with Gasteiger partial charge in [-0.1, -0.05) is 29.5 Å². The quantitative estimate of drug-likeness (QED) is 0.728. The number of hydrogen-bond donors (Lipinski definition) is 0. The maximum absolute atomic E-state index is 4.64. The van der Waals surface area contributed by atoms with E-state index in [2.05, 4.69) is 50.2 Å². The van der Waals surface area contributed by atoms with Gasteiger partial charge in [-0.3, -0.25) is 0 Å². The second-order valence-corrected chi connectivity index (χ2v) is 6.24. The third-order valence-electron chi connectivity index (χ3n) is 3.82. The van der Waals surface area contributed by atoms with E-state index in [-0.39, 0.29) is 0 Å². The van der Waals surface area contributed by atoms with E-state index >= 15 is 0 Å². The lowest BCUT2D eigenvalue weighted by Gasteiger charge is -2.35. The molecular weight excluding hydrogens is 282 g/mol. The van der Waals surface area contributed by atoms with Crippen LogP contribution in [0.3, 0.4) is 0 Å². The molecule has 1 saturated heterocycles. The van der Waals surface area contributed by atoms with E-state index in [0.717, 1.165) is 42.0 Å². The summed E-state index contributed by atoms with van der Waals surface area (Å²) in [7, 11) is 0. The van der Waals surface area contributed by atoms with Gasteiger partial charge in [-0.25, -0.2) is 9.50 Å². The zero-order valence-electron chi connectivity index (χ0n) is 11.9. The highest BCUT2D eigenvalue weighted by Gasteiger charge is 2.20.